The number of hydrogen-bond donors (Lipinski definition) is 0. The number of rotatable bonds is 8. The second-order valence-corrected chi connectivity index (χ2v) is 7.69. The van der Waals surface area contributed by atoms with Gasteiger partial charge in [-0.25, -0.2) is 8.42 Å². The van der Waals surface area contributed by atoms with E-state index in [4.69, 9.17) is 21.1 Å². The van der Waals surface area contributed by atoms with E-state index in [2.05, 4.69) is 0 Å². The van der Waals surface area contributed by atoms with Gasteiger partial charge in [0.1, 0.15) is 11.5 Å². The number of alkyl halides is 1. The summed E-state index contributed by atoms with van der Waals surface area (Å²) >= 11 is 5.48. The van der Waals surface area contributed by atoms with Gasteiger partial charge in [-0.3, -0.25) is 4.79 Å². The lowest BCUT2D eigenvalue weighted by Gasteiger charge is -2.11. The van der Waals surface area contributed by atoms with Crippen LogP contribution in [0.25, 0.3) is 0 Å². The molecule has 0 amide bonds. The standard InChI is InChI=1S/C18H19ClO5S/c1-23-16-5-8-18(24-2)14(10-16)12-25(21,22)17-6-3-13(4-7-17)9-15(20)11-19/h3-8,10H,9,11-12H2,1-2H3. The van der Waals surface area contributed by atoms with Crippen molar-refractivity contribution in [2.75, 3.05) is 20.1 Å². The number of benzene rings is 2. The number of ketones is 1. The van der Waals surface area contributed by atoms with Gasteiger partial charge >= 0.3 is 0 Å². The maximum Gasteiger partial charge on any atom is 0.182 e. The van der Waals surface area contributed by atoms with Gasteiger partial charge in [0.2, 0.25) is 0 Å². The van der Waals surface area contributed by atoms with Gasteiger partial charge in [-0.2, -0.15) is 0 Å². The van der Waals surface area contributed by atoms with E-state index in [1.54, 1.807) is 30.3 Å². The maximum atomic E-state index is 12.7. The van der Waals surface area contributed by atoms with Crippen molar-refractivity contribution in [3.05, 3.63) is 53.6 Å². The number of Topliss-reactive ketones (excluding diaryl/α,β-unsaturated/α-hetero) is 1. The van der Waals surface area contributed by atoms with Crippen molar-refractivity contribution < 1.29 is 22.7 Å². The van der Waals surface area contributed by atoms with Crippen LogP contribution >= 0.6 is 11.6 Å². The van der Waals surface area contributed by atoms with E-state index in [0.717, 1.165) is 5.56 Å². The lowest BCUT2D eigenvalue weighted by Crippen LogP contribution is -2.08. The molecule has 0 saturated carbocycles. The second kappa shape index (κ2) is 8.36. The fraction of sp³-hybridized carbons (Fsp3) is 0.278. The quantitative estimate of drug-likeness (QED) is 0.656. The van der Waals surface area contributed by atoms with Crippen molar-refractivity contribution in [1.82, 2.24) is 0 Å². The Balaban J connectivity index is 2.26. The Morgan fingerprint density at radius 1 is 1.04 bits per heavy atom. The van der Waals surface area contributed by atoms with Crippen molar-refractivity contribution in [2.45, 2.75) is 17.1 Å². The molecule has 0 atom stereocenters. The average Bonchev–Trinajstić information content (AvgIpc) is 2.61. The van der Waals surface area contributed by atoms with Gasteiger partial charge < -0.3 is 9.47 Å². The number of halogens is 1. The highest BCUT2D eigenvalue weighted by Crippen LogP contribution is 2.28. The van der Waals surface area contributed by atoms with Crippen LogP contribution in [0.2, 0.25) is 0 Å². The van der Waals surface area contributed by atoms with Crippen molar-refractivity contribution in [3.63, 3.8) is 0 Å². The number of methoxy groups -OCH3 is 2. The summed E-state index contributed by atoms with van der Waals surface area (Å²) in [5.74, 6) is 0.649. The fourth-order valence-electron chi connectivity index (χ4n) is 2.37. The molecule has 2 aromatic carbocycles. The van der Waals surface area contributed by atoms with Gasteiger partial charge in [0.15, 0.2) is 15.6 Å². The number of carbonyl (C=O) groups is 1. The molecule has 0 N–H and O–H groups in total. The van der Waals surface area contributed by atoms with E-state index >= 15 is 0 Å². The second-order valence-electron chi connectivity index (χ2n) is 5.43. The molecular weight excluding hydrogens is 364 g/mol. The van der Waals surface area contributed by atoms with Crippen LogP contribution in [0, 0.1) is 0 Å². The lowest BCUT2D eigenvalue weighted by molar-refractivity contribution is -0.116. The summed E-state index contributed by atoms with van der Waals surface area (Å²) in [6, 6.07) is 11.3. The first-order valence-electron chi connectivity index (χ1n) is 7.50. The van der Waals surface area contributed by atoms with Crippen LogP contribution in [-0.4, -0.2) is 34.3 Å². The van der Waals surface area contributed by atoms with Crippen molar-refractivity contribution in [3.8, 4) is 11.5 Å². The molecule has 0 bridgehead atoms. The Kier molecular flexibility index (Phi) is 6.45. The third-order valence-electron chi connectivity index (χ3n) is 3.67. The molecule has 0 unspecified atom stereocenters. The molecule has 7 heteroatoms. The highest BCUT2D eigenvalue weighted by atomic mass is 35.5. The van der Waals surface area contributed by atoms with E-state index < -0.39 is 9.84 Å². The van der Waals surface area contributed by atoms with Crippen molar-refractivity contribution in [2.24, 2.45) is 0 Å². The Hall–Kier alpha value is -2.05. The third kappa shape index (κ3) is 4.96. The first-order valence-corrected chi connectivity index (χ1v) is 9.68. The number of carbonyl (C=O) groups excluding carboxylic acids is 1. The monoisotopic (exact) mass is 382 g/mol. The van der Waals surface area contributed by atoms with E-state index in [1.165, 1.54) is 26.4 Å². The van der Waals surface area contributed by atoms with E-state index in [-0.39, 0.29) is 28.7 Å². The molecule has 0 heterocycles. The molecule has 0 aliphatic carbocycles. The van der Waals surface area contributed by atoms with Gasteiger partial charge in [0, 0.05) is 12.0 Å². The van der Waals surface area contributed by atoms with Gasteiger partial charge in [-0.05, 0) is 35.9 Å². The Morgan fingerprint density at radius 2 is 1.72 bits per heavy atom. The molecule has 0 spiro atoms. The smallest absolute Gasteiger partial charge is 0.182 e. The summed E-state index contributed by atoms with van der Waals surface area (Å²) in [4.78, 5) is 11.5. The molecule has 0 radical (unpaired) electrons. The minimum absolute atomic E-state index is 0.0598. The van der Waals surface area contributed by atoms with Crippen LogP contribution in [0.15, 0.2) is 47.4 Å². The molecular formula is C18H19ClO5S. The zero-order chi connectivity index (χ0) is 18.4. The molecule has 0 saturated heterocycles. The molecule has 5 nitrogen and oxygen atoms in total. The highest BCUT2D eigenvalue weighted by molar-refractivity contribution is 7.90. The number of ether oxygens (including phenoxy) is 2. The molecule has 25 heavy (non-hydrogen) atoms. The minimum atomic E-state index is -3.57. The molecule has 0 aliphatic heterocycles. The first kappa shape index (κ1) is 19.3. The number of hydrogen-bond acceptors (Lipinski definition) is 5. The summed E-state index contributed by atoms with van der Waals surface area (Å²) in [5.41, 5.74) is 1.24. The van der Waals surface area contributed by atoms with Crippen molar-refractivity contribution in [1.29, 1.82) is 0 Å². The lowest BCUT2D eigenvalue weighted by atomic mass is 10.1. The third-order valence-corrected chi connectivity index (χ3v) is 5.65. The highest BCUT2D eigenvalue weighted by Gasteiger charge is 2.19. The normalized spacial score (nSPS) is 11.2. The summed E-state index contributed by atoms with van der Waals surface area (Å²) in [6.45, 7) is 0. The zero-order valence-electron chi connectivity index (χ0n) is 14.0. The molecule has 134 valence electrons. The topological polar surface area (TPSA) is 69.7 Å². The summed E-state index contributed by atoms with van der Waals surface area (Å²) in [5, 5.41) is 0. The predicted molar refractivity (Wildman–Crippen MR) is 96.3 cm³/mol. The molecule has 0 aromatic heterocycles. The van der Waals surface area contributed by atoms with Crippen LogP contribution < -0.4 is 9.47 Å². The fourth-order valence-corrected chi connectivity index (χ4v) is 3.82. The van der Waals surface area contributed by atoms with Crippen LogP contribution in [0.1, 0.15) is 11.1 Å². The molecule has 0 aliphatic rings. The van der Waals surface area contributed by atoms with E-state index in [1.807, 2.05) is 0 Å². The van der Waals surface area contributed by atoms with Crippen LogP contribution in [0.4, 0.5) is 0 Å². The average molecular weight is 383 g/mol. The molecule has 2 rings (SSSR count). The van der Waals surface area contributed by atoms with Gasteiger partial charge in [-0.15, -0.1) is 11.6 Å². The largest absolute Gasteiger partial charge is 0.497 e. The van der Waals surface area contributed by atoms with Crippen LogP contribution in [0.5, 0.6) is 11.5 Å². The Bertz CT molecular complexity index is 844. The minimum Gasteiger partial charge on any atom is -0.497 e. The Labute approximate surface area is 152 Å². The number of sulfone groups is 1. The van der Waals surface area contributed by atoms with Crippen LogP contribution in [-0.2, 0) is 26.8 Å². The Morgan fingerprint density at radius 3 is 2.28 bits per heavy atom. The summed E-state index contributed by atoms with van der Waals surface area (Å²) < 4.78 is 35.7. The van der Waals surface area contributed by atoms with E-state index in [9.17, 15) is 13.2 Å². The van der Waals surface area contributed by atoms with Gasteiger partial charge in [-0.1, -0.05) is 12.1 Å². The van der Waals surface area contributed by atoms with Crippen molar-refractivity contribution >= 4 is 27.2 Å². The summed E-state index contributed by atoms with van der Waals surface area (Å²) in [6.07, 6.45) is 0.188. The van der Waals surface area contributed by atoms with Gasteiger partial charge in [0.05, 0.1) is 30.7 Å². The first-order chi connectivity index (χ1) is 11.9. The SMILES string of the molecule is COc1ccc(OC)c(CS(=O)(=O)c2ccc(CC(=O)CCl)cc2)c1. The predicted octanol–water partition coefficient (Wildman–Crippen LogP) is 3.03. The molecule has 0 fully saturated rings. The van der Waals surface area contributed by atoms with Gasteiger partial charge in [0.25, 0.3) is 0 Å². The van der Waals surface area contributed by atoms with E-state index in [0.29, 0.717) is 17.1 Å². The zero-order valence-corrected chi connectivity index (χ0v) is 15.6. The molecule has 2 aromatic rings. The van der Waals surface area contributed by atoms with Crippen LogP contribution in [0.3, 0.4) is 0 Å². The maximum absolute atomic E-state index is 12.7. The summed E-state index contributed by atoms with van der Waals surface area (Å²) in [7, 11) is -0.567.